The monoisotopic (exact) mass is 575 g/mol. The number of hydrogen-bond acceptors (Lipinski definition) is 6. The zero-order chi connectivity index (χ0) is 27.7. The van der Waals surface area contributed by atoms with Gasteiger partial charge in [0.2, 0.25) is 5.91 Å². The summed E-state index contributed by atoms with van der Waals surface area (Å²) in [5.74, 6) is -2.51. The van der Waals surface area contributed by atoms with Gasteiger partial charge in [-0.2, -0.15) is 0 Å². The fourth-order valence-electron chi connectivity index (χ4n) is 5.09. The maximum atomic E-state index is 13.9. The first-order chi connectivity index (χ1) is 18.6. The summed E-state index contributed by atoms with van der Waals surface area (Å²) in [6, 6.07) is 12.2. The number of piperazine rings is 1. The van der Waals surface area contributed by atoms with Gasteiger partial charge in [0.05, 0.1) is 11.1 Å². The number of benzene rings is 2. The summed E-state index contributed by atoms with van der Waals surface area (Å²) in [6.45, 7) is 5.04. The van der Waals surface area contributed by atoms with Gasteiger partial charge in [0, 0.05) is 55.2 Å². The summed E-state index contributed by atoms with van der Waals surface area (Å²) >= 11 is 6.17. The number of carbonyl (C=O) groups excluding carboxylic acids is 1. The number of pyridine rings is 1. The minimum absolute atomic E-state index is 0.0756. The first-order valence-corrected chi connectivity index (χ1v) is 14.5. The number of anilines is 3. The molecule has 3 aromatic rings. The van der Waals surface area contributed by atoms with Crippen molar-refractivity contribution in [3.8, 4) is 0 Å². The zero-order valence-electron chi connectivity index (χ0n) is 21.3. The van der Waals surface area contributed by atoms with Crippen LogP contribution in [0.4, 0.5) is 26.0 Å². The number of nitrogens with one attached hydrogen (secondary N) is 1. The van der Waals surface area contributed by atoms with Gasteiger partial charge in [-0.25, -0.2) is 22.2 Å². The lowest BCUT2D eigenvalue weighted by molar-refractivity contribution is -0.132. The van der Waals surface area contributed by atoms with E-state index >= 15 is 0 Å². The smallest absolute Gasteiger partial charge is 0.263 e. The Labute approximate surface area is 231 Å². The van der Waals surface area contributed by atoms with Crippen molar-refractivity contribution in [2.75, 3.05) is 47.2 Å². The molecule has 1 aromatic heterocycles. The molecule has 5 rings (SSSR count). The molecule has 1 N–H and O–H groups in total. The Balaban J connectivity index is 1.20. The van der Waals surface area contributed by atoms with Crippen LogP contribution in [0.2, 0.25) is 5.02 Å². The third-order valence-electron chi connectivity index (χ3n) is 7.16. The average Bonchev–Trinajstić information content (AvgIpc) is 2.93. The van der Waals surface area contributed by atoms with Crippen molar-refractivity contribution in [1.82, 2.24) is 9.88 Å². The van der Waals surface area contributed by atoms with Crippen LogP contribution in [0.1, 0.15) is 18.9 Å². The molecule has 0 saturated carbocycles. The van der Waals surface area contributed by atoms with Crippen LogP contribution in [-0.2, 0) is 21.2 Å². The highest BCUT2D eigenvalue weighted by molar-refractivity contribution is 7.92. The average molecular weight is 576 g/mol. The highest BCUT2D eigenvalue weighted by atomic mass is 35.5. The van der Waals surface area contributed by atoms with Crippen molar-refractivity contribution >= 4 is 44.7 Å². The van der Waals surface area contributed by atoms with E-state index in [0.717, 1.165) is 42.5 Å². The highest BCUT2D eigenvalue weighted by Crippen LogP contribution is 2.31. The first-order valence-electron chi connectivity index (χ1n) is 12.6. The van der Waals surface area contributed by atoms with Crippen molar-refractivity contribution in [1.29, 1.82) is 0 Å². The molecule has 0 bridgehead atoms. The van der Waals surface area contributed by atoms with E-state index in [2.05, 4.69) is 14.8 Å². The molecule has 39 heavy (non-hydrogen) atoms. The van der Waals surface area contributed by atoms with Crippen LogP contribution in [0.5, 0.6) is 0 Å². The first kappa shape index (κ1) is 27.1. The molecular weight excluding hydrogens is 548 g/mol. The molecule has 0 spiro atoms. The minimum Gasteiger partial charge on any atom is -0.368 e. The number of nitrogens with zero attached hydrogens (tertiary/aromatic N) is 4. The van der Waals surface area contributed by atoms with Crippen molar-refractivity contribution < 1.29 is 22.0 Å². The fourth-order valence-corrected chi connectivity index (χ4v) is 6.30. The van der Waals surface area contributed by atoms with Crippen LogP contribution in [0.25, 0.3) is 0 Å². The van der Waals surface area contributed by atoms with E-state index in [-0.39, 0.29) is 16.8 Å². The molecule has 8 nitrogen and oxygen atoms in total. The van der Waals surface area contributed by atoms with Crippen LogP contribution in [0.3, 0.4) is 0 Å². The molecule has 0 aliphatic carbocycles. The maximum absolute atomic E-state index is 13.9. The third kappa shape index (κ3) is 5.79. The molecule has 206 valence electrons. The summed E-state index contributed by atoms with van der Waals surface area (Å²) < 4.78 is 54.3. The van der Waals surface area contributed by atoms with Gasteiger partial charge in [-0.15, -0.1) is 0 Å². The number of sulfonamides is 1. The predicted molar refractivity (Wildman–Crippen MR) is 147 cm³/mol. The number of amides is 1. The van der Waals surface area contributed by atoms with Crippen LogP contribution in [0.15, 0.2) is 59.6 Å². The lowest BCUT2D eigenvalue weighted by Crippen LogP contribution is -2.55. The normalized spacial score (nSPS) is 16.6. The predicted octanol–water partition coefficient (Wildman–Crippen LogP) is 4.30. The Kier molecular flexibility index (Phi) is 7.64. The summed E-state index contributed by atoms with van der Waals surface area (Å²) in [6.07, 6.45) is 2.65. The van der Waals surface area contributed by atoms with Gasteiger partial charge >= 0.3 is 0 Å². The number of rotatable bonds is 6. The lowest BCUT2D eigenvalue weighted by Gasteiger charge is -2.41. The molecular formula is C27H28ClF2N5O3S. The van der Waals surface area contributed by atoms with Crippen molar-refractivity contribution in [3.63, 3.8) is 0 Å². The van der Waals surface area contributed by atoms with E-state index < -0.39 is 27.5 Å². The van der Waals surface area contributed by atoms with Gasteiger partial charge in [-0.1, -0.05) is 11.6 Å². The Hall–Kier alpha value is -3.44. The fraction of sp³-hybridized carbons (Fsp3) is 0.333. The Morgan fingerprint density at radius 1 is 1.03 bits per heavy atom. The Bertz CT molecular complexity index is 1480. The molecule has 2 aliphatic heterocycles. The summed E-state index contributed by atoms with van der Waals surface area (Å²) in [7, 11) is -4.12. The molecule has 12 heteroatoms. The standard InChI is InChI=1S/C27H28ClF2N5O3S/c1-18(35-10-2-3-19-15-20(28)4-9-25(19)35)27(36)34-13-11-33(12-14-34)22-5-7-23(8-6-22)39(37,38)32-26-24(30)16-21(29)17-31-26/h4-9,15-18H,2-3,10-14H2,1H3,(H,31,32)/t18-/m1/s1. The third-order valence-corrected chi connectivity index (χ3v) is 8.75. The Morgan fingerprint density at radius 2 is 1.74 bits per heavy atom. The van der Waals surface area contributed by atoms with Crippen molar-refractivity contribution in [2.45, 2.75) is 30.7 Å². The van der Waals surface area contributed by atoms with E-state index in [0.29, 0.717) is 37.3 Å². The number of fused-ring (bicyclic) bond motifs is 1. The topological polar surface area (TPSA) is 85.8 Å². The molecule has 1 amide bonds. The SMILES string of the molecule is C[C@H](C(=O)N1CCN(c2ccc(S(=O)(=O)Nc3ncc(F)cc3F)cc2)CC1)N1CCCc2cc(Cl)ccc21. The summed E-state index contributed by atoms with van der Waals surface area (Å²) in [4.78, 5) is 22.9. The second-order valence-electron chi connectivity index (χ2n) is 9.64. The number of aryl methyl sites for hydroxylation is 1. The van der Waals surface area contributed by atoms with Gasteiger partial charge < -0.3 is 14.7 Å². The molecule has 1 saturated heterocycles. The van der Waals surface area contributed by atoms with Gasteiger partial charge in [0.1, 0.15) is 11.9 Å². The molecule has 2 aliphatic rings. The van der Waals surface area contributed by atoms with Gasteiger partial charge in [0.15, 0.2) is 11.6 Å². The summed E-state index contributed by atoms with van der Waals surface area (Å²) in [5, 5.41) is 0.700. The van der Waals surface area contributed by atoms with Gasteiger partial charge in [-0.3, -0.25) is 9.52 Å². The molecule has 0 radical (unpaired) electrons. The van der Waals surface area contributed by atoms with Crippen molar-refractivity contribution in [2.24, 2.45) is 0 Å². The molecule has 0 unspecified atom stereocenters. The molecule has 1 fully saturated rings. The highest BCUT2D eigenvalue weighted by Gasteiger charge is 2.31. The lowest BCUT2D eigenvalue weighted by atomic mass is 10.00. The summed E-state index contributed by atoms with van der Waals surface area (Å²) in [5.41, 5.74) is 3.03. The maximum Gasteiger partial charge on any atom is 0.263 e. The second kappa shape index (κ2) is 11.0. The van der Waals surface area contributed by atoms with Crippen LogP contribution >= 0.6 is 11.6 Å². The van der Waals surface area contributed by atoms with E-state index in [1.54, 1.807) is 12.1 Å². The number of halogens is 3. The largest absolute Gasteiger partial charge is 0.368 e. The van der Waals surface area contributed by atoms with Gasteiger partial charge in [-0.05, 0) is 67.8 Å². The minimum atomic E-state index is -4.12. The van der Waals surface area contributed by atoms with Crippen LogP contribution < -0.4 is 14.5 Å². The van der Waals surface area contributed by atoms with E-state index in [4.69, 9.17) is 11.6 Å². The molecule has 1 atom stereocenters. The second-order valence-corrected chi connectivity index (χ2v) is 11.8. The number of carbonyl (C=O) groups is 1. The van der Waals surface area contributed by atoms with E-state index in [9.17, 15) is 22.0 Å². The van der Waals surface area contributed by atoms with Crippen molar-refractivity contribution in [3.05, 3.63) is 76.9 Å². The number of hydrogen-bond donors (Lipinski definition) is 1. The Morgan fingerprint density at radius 3 is 2.44 bits per heavy atom. The van der Waals surface area contributed by atoms with E-state index in [1.807, 2.05) is 34.7 Å². The molecule has 2 aromatic carbocycles. The number of aromatic nitrogens is 1. The quantitative estimate of drug-likeness (QED) is 0.472. The van der Waals surface area contributed by atoms with Crippen LogP contribution in [-0.4, -0.2) is 63.0 Å². The zero-order valence-corrected chi connectivity index (χ0v) is 22.9. The molecule has 3 heterocycles. The van der Waals surface area contributed by atoms with E-state index in [1.165, 1.54) is 12.1 Å². The van der Waals surface area contributed by atoms with Gasteiger partial charge in [0.25, 0.3) is 10.0 Å². The van der Waals surface area contributed by atoms with Crippen LogP contribution in [0, 0.1) is 11.6 Å².